The van der Waals surface area contributed by atoms with Crippen molar-refractivity contribution in [1.82, 2.24) is 0 Å². The molecular formula is C13H15IN2O3. The first-order valence-corrected chi connectivity index (χ1v) is 7.13. The van der Waals surface area contributed by atoms with Gasteiger partial charge < -0.3 is 16.2 Å². The summed E-state index contributed by atoms with van der Waals surface area (Å²) < 4.78 is 0.802. The average molecular weight is 374 g/mol. The lowest BCUT2D eigenvalue weighted by atomic mass is 9.98. The second-order valence-electron chi connectivity index (χ2n) is 4.81. The molecule has 1 fully saturated rings. The van der Waals surface area contributed by atoms with Crippen molar-refractivity contribution in [2.24, 2.45) is 5.73 Å². The lowest BCUT2D eigenvalue weighted by Gasteiger charge is -2.22. The number of nitrogens with one attached hydrogen (secondary N) is 1. The van der Waals surface area contributed by atoms with Crippen LogP contribution in [0, 0.1) is 3.57 Å². The van der Waals surface area contributed by atoms with Crippen molar-refractivity contribution in [3.05, 3.63) is 27.3 Å². The Morgan fingerprint density at radius 3 is 2.53 bits per heavy atom. The van der Waals surface area contributed by atoms with E-state index in [4.69, 9.17) is 10.8 Å². The van der Waals surface area contributed by atoms with Crippen molar-refractivity contribution in [3.8, 4) is 0 Å². The van der Waals surface area contributed by atoms with Crippen LogP contribution in [0.25, 0.3) is 0 Å². The minimum Gasteiger partial charge on any atom is -0.478 e. The molecule has 1 saturated carbocycles. The maximum absolute atomic E-state index is 12.2. The van der Waals surface area contributed by atoms with Gasteiger partial charge >= 0.3 is 5.97 Å². The zero-order valence-electron chi connectivity index (χ0n) is 10.3. The molecule has 19 heavy (non-hydrogen) atoms. The highest BCUT2D eigenvalue weighted by atomic mass is 127. The number of anilines is 1. The third-order valence-electron chi connectivity index (χ3n) is 3.41. The second kappa shape index (κ2) is 5.46. The fourth-order valence-electron chi connectivity index (χ4n) is 2.28. The molecule has 0 unspecified atom stereocenters. The first kappa shape index (κ1) is 14.3. The largest absolute Gasteiger partial charge is 0.478 e. The van der Waals surface area contributed by atoms with Crippen LogP contribution in [0.5, 0.6) is 0 Å². The van der Waals surface area contributed by atoms with Gasteiger partial charge in [0.2, 0.25) is 5.91 Å². The highest BCUT2D eigenvalue weighted by Gasteiger charge is 2.37. The van der Waals surface area contributed by atoms with Gasteiger partial charge in [0.25, 0.3) is 0 Å². The Bertz CT molecular complexity index is 525. The van der Waals surface area contributed by atoms with E-state index in [1.807, 2.05) is 22.6 Å². The summed E-state index contributed by atoms with van der Waals surface area (Å²) in [7, 11) is 0. The van der Waals surface area contributed by atoms with Crippen LogP contribution in [0.15, 0.2) is 18.2 Å². The number of nitrogens with two attached hydrogens (primary N) is 1. The summed E-state index contributed by atoms with van der Waals surface area (Å²) in [5, 5.41) is 11.8. The number of carbonyl (C=O) groups is 2. The van der Waals surface area contributed by atoms with Gasteiger partial charge in [0.05, 0.1) is 16.8 Å². The third kappa shape index (κ3) is 3.06. The van der Waals surface area contributed by atoms with Gasteiger partial charge in [0.1, 0.15) is 0 Å². The molecule has 1 aliphatic rings. The molecule has 0 saturated heterocycles. The number of halogens is 1. The van der Waals surface area contributed by atoms with Gasteiger partial charge in [-0.1, -0.05) is 12.8 Å². The van der Waals surface area contributed by atoms with Crippen LogP contribution in [-0.2, 0) is 4.79 Å². The van der Waals surface area contributed by atoms with Crippen molar-refractivity contribution in [2.45, 2.75) is 31.2 Å². The molecule has 1 aliphatic carbocycles. The van der Waals surface area contributed by atoms with Crippen molar-refractivity contribution in [1.29, 1.82) is 0 Å². The maximum Gasteiger partial charge on any atom is 0.337 e. The second-order valence-corrected chi connectivity index (χ2v) is 6.06. The van der Waals surface area contributed by atoms with Gasteiger partial charge in [-0.25, -0.2) is 4.79 Å². The SMILES string of the molecule is NC1(C(=O)Nc2ccc(I)cc2C(=O)O)CCCC1. The van der Waals surface area contributed by atoms with Crippen LogP contribution in [0.3, 0.4) is 0 Å². The van der Waals surface area contributed by atoms with E-state index in [0.717, 1.165) is 16.4 Å². The van der Waals surface area contributed by atoms with E-state index in [1.165, 1.54) is 6.07 Å². The molecule has 1 aromatic rings. The number of rotatable bonds is 3. The quantitative estimate of drug-likeness (QED) is 0.708. The Hall–Kier alpha value is -1.15. The lowest BCUT2D eigenvalue weighted by Crippen LogP contribution is -2.48. The predicted octanol–water partition coefficient (Wildman–Crippen LogP) is 2.20. The topological polar surface area (TPSA) is 92.4 Å². The van der Waals surface area contributed by atoms with E-state index in [2.05, 4.69) is 5.32 Å². The number of hydrogen-bond acceptors (Lipinski definition) is 3. The zero-order chi connectivity index (χ0) is 14.0. The minimum atomic E-state index is -1.06. The average Bonchev–Trinajstić information content (AvgIpc) is 2.79. The van der Waals surface area contributed by atoms with Crippen molar-refractivity contribution >= 4 is 40.2 Å². The van der Waals surface area contributed by atoms with E-state index in [9.17, 15) is 9.59 Å². The van der Waals surface area contributed by atoms with E-state index >= 15 is 0 Å². The molecule has 0 aliphatic heterocycles. The Kier molecular flexibility index (Phi) is 4.10. The molecule has 1 amide bonds. The predicted molar refractivity (Wildman–Crippen MR) is 80.1 cm³/mol. The van der Waals surface area contributed by atoms with Gasteiger partial charge in [0, 0.05) is 3.57 Å². The molecule has 1 aromatic carbocycles. The third-order valence-corrected chi connectivity index (χ3v) is 4.08. The minimum absolute atomic E-state index is 0.0850. The Morgan fingerprint density at radius 2 is 1.95 bits per heavy atom. The van der Waals surface area contributed by atoms with Crippen molar-refractivity contribution in [3.63, 3.8) is 0 Å². The summed E-state index contributed by atoms with van der Waals surface area (Å²) >= 11 is 2.03. The van der Waals surface area contributed by atoms with Crippen LogP contribution in [-0.4, -0.2) is 22.5 Å². The summed E-state index contributed by atoms with van der Waals surface area (Å²) in [6.45, 7) is 0. The first-order chi connectivity index (χ1) is 8.92. The highest BCUT2D eigenvalue weighted by Crippen LogP contribution is 2.29. The molecule has 102 valence electrons. The summed E-state index contributed by atoms with van der Waals surface area (Å²) in [5.41, 5.74) is 5.57. The highest BCUT2D eigenvalue weighted by molar-refractivity contribution is 14.1. The lowest BCUT2D eigenvalue weighted by molar-refractivity contribution is -0.121. The van der Waals surface area contributed by atoms with Crippen LogP contribution in [0.1, 0.15) is 36.0 Å². The maximum atomic E-state index is 12.2. The van der Waals surface area contributed by atoms with Gasteiger partial charge in [-0.05, 0) is 53.6 Å². The fourth-order valence-corrected chi connectivity index (χ4v) is 2.77. The molecule has 4 N–H and O–H groups in total. The van der Waals surface area contributed by atoms with Gasteiger partial charge in [-0.3, -0.25) is 4.79 Å². The molecule has 0 bridgehead atoms. The van der Waals surface area contributed by atoms with Gasteiger partial charge in [0.15, 0.2) is 0 Å². The zero-order valence-corrected chi connectivity index (χ0v) is 12.4. The molecular weight excluding hydrogens is 359 g/mol. The number of benzene rings is 1. The van der Waals surface area contributed by atoms with Gasteiger partial charge in [-0.2, -0.15) is 0 Å². The van der Waals surface area contributed by atoms with Crippen LogP contribution >= 0.6 is 22.6 Å². The number of aromatic carboxylic acids is 1. The number of carboxylic acids is 1. The fraction of sp³-hybridized carbons (Fsp3) is 0.385. The smallest absolute Gasteiger partial charge is 0.337 e. The molecule has 0 aromatic heterocycles. The number of carbonyl (C=O) groups excluding carboxylic acids is 1. The van der Waals surface area contributed by atoms with Crippen LogP contribution in [0.4, 0.5) is 5.69 Å². The number of hydrogen-bond donors (Lipinski definition) is 3. The summed E-state index contributed by atoms with van der Waals surface area (Å²) in [4.78, 5) is 23.3. The van der Waals surface area contributed by atoms with E-state index < -0.39 is 11.5 Å². The molecule has 0 atom stereocenters. The summed E-state index contributed by atoms with van der Waals surface area (Å²) in [6, 6.07) is 4.87. The normalized spacial score (nSPS) is 17.2. The van der Waals surface area contributed by atoms with E-state index in [-0.39, 0.29) is 11.5 Å². The molecule has 2 rings (SSSR count). The van der Waals surface area contributed by atoms with Crippen LogP contribution in [0.2, 0.25) is 0 Å². The number of carboxylic acid groups (broad SMARTS) is 1. The molecule has 5 nitrogen and oxygen atoms in total. The Balaban J connectivity index is 2.23. The molecule has 0 spiro atoms. The monoisotopic (exact) mass is 374 g/mol. The van der Waals surface area contributed by atoms with E-state index in [1.54, 1.807) is 12.1 Å². The van der Waals surface area contributed by atoms with Crippen molar-refractivity contribution in [2.75, 3.05) is 5.32 Å². The molecule has 0 radical (unpaired) electrons. The summed E-state index contributed by atoms with van der Waals surface area (Å²) in [6.07, 6.45) is 3.15. The first-order valence-electron chi connectivity index (χ1n) is 6.05. The van der Waals surface area contributed by atoms with E-state index in [0.29, 0.717) is 18.5 Å². The standard InChI is InChI=1S/C13H15IN2O3/c14-8-3-4-10(9(7-8)11(17)18)16-12(19)13(15)5-1-2-6-13/h3-4,7H,1-2,5-6,15H2,(H,16,19)(H,17,18). The molecule has 0 heterocycles. The van der Waals surface area contributed by atoms with Gasteiger partial charge in [-0.15, -0.1) is 0 Å². The van der Waals surface area contributed by atoms with Crippen LogP contribution < -0.4 is 11.1 Å². The summed E-state index contributed by atoms with van der Waals surface area (Å²) in [5.74, 6) is -1.36. The van der Waals surface area contributed by atoms with Crippen molar-refractivity contribution < 1.29 is 14.7 Å². The number of amides is 1. The Morgan fingerprint density at radius 1 is 1.32 bits per heavy atom. The molecule has 6 heteroatoms. The Labute approximate surface area is 124 Å².